The van der Waals surface area contributed by atoms with Crippen LogP contribution in [0.25, 0.3) is 0 Å². The number of pyridine rings is 1. The van der Waals surface area contributed by atoms with E-state index in [1.54, 1.807) is 16.4 Å². The zero-order valence-corrected chi connectivity index (χ0v) is 17.6. The van der Waals surface area contributed by atoms with Gasteiger partial charge < -0.3 is 4.90 Å². The maximum atomic E-state index is 13.3. The minimum absolute atomic E-state index is 0.130. The molecule has 2 aromatic rings. The van der Waals surface area contributed by atoms with Crippen molar-refractivity contribution in [3.05, 3.63) is 53.2 Å². The fourth-order valence-electron chi connectivity index (χ4n) is 4.39. The van der Waals surface area contributed by atoms with Crippen molar-refractivity contribution in [3.63, 3.8) is 0 Å². The van der Waals surface area contributed by atoms with Gasteiger partial charge in [0, 0.05) is 25.3 Å². The number of rotatable bonds is 4. The first-order valence-electron chi connectivity index (χ1n) is 10.3. The van der Waals surface area contributed by atoms with Crippen molar-refractivity contribution in [1.82, 2.24) is 9.29 Å². The molecule has 3 heterocycles. The third-order valence-corrected chi connectivity index (χ3v) is 7.90. The molecular formula is C22H29N3O2S. The molecule has 1 aromatic heterocycles. The van der Waals surface area contributed by atoms with Crippen LogP contribution in [0.2, 0.25) is 0 Å². The fraction of sp³-hybridized carbons (Fsp3) is 0.500. The van der Waals surface area contributed by atoms with Crippen molar-refractivity contribution < 1.29 is 8.42 Å². The SMILES string of the molecule is Cc1ccc(S(=O)(=O)N2CCCC2c2ccc(N3CCCCC3)nc2C)cc1. The predicted octanol–water partition coefficient (Wildman–Crippen LogP) is 4.21. The summed E-state index contributed by atoms with van der Waals surface area (Å²) >= 11 is 0. The molecule has 2 aliphatic rings. The highest BCUT2D eigenvalue weighted by Crippen LogP contribution is 2.38. The van der Waals surface area contributed by atoms with E-state index >= 15 is 0 Å². The minimum Gasteiger partial charge on any atom is -0.357 e. The predicted molar refractivity (Wildman–Crippen MR) is 112 cm³/mol. The van der Waals surface area contributed by atoms with Crippen LogP contribution in [0.3, 0.4) is 0 Å². The molecule has 150 valence electrons. The lowest BCUT2D eigenvalue weighted by Crippen LogP contribution is -2.32. The monoisotopic (exact) mass is 399 g/mol. The van der Waals surface area contributed by atoms with Crippen molar-refractivity contribution in [1.29, 1.82) is 0 Å². The van der Waals surface area contributed by atoms with Crippen LogP contribution in [0.15, 0.2) is 41.3 Å². The highest BCUT2D eigenvalue weighted by molar-refractivity contribution is 7.89. The molecule has 0 spiro atoms. The van der Waals surface area contributed by atoms with Gasteiger partial charge in [-0.05, 0) is 69.7 Å². The van der Waals surface area contributed by atoms with Crippen LogP contribution >= 0.6 is 0 Å². The molecule has 0 saturated carbocycles. The topological polar surface area (TPSA) is 53.5 Å². The Morgan fingerprint density at radius 3 is 2.29 bits per heavy atom. The van der Waals surface area contributed by atoms with Gasteiger partial charge in [-0.25, -0.2) is 13.4 Å². The molecule has 2 aliphatic heterocycles. The van der Waals surface area contributed by atoms with Gasteiger partial charge in [0.1, 0.15) is 5.82 Å². The molecule has 0 radical (unpaired) electrons. The van der Waals surface area contributed by atoms with Crippen LogP contribution in [0.4, 0.5) is 5.82 Å². The van der Waals surface area contributed by atoms with E-state index in [1.807, 2.05) is 26.0 Å². The van der Waals surface area contributed by atoms with Gasteiger partial charge in [-0.3, -0.25) is 0 Å². The van der Waals surface area contributed by atoms with E-state index < -0.39 is 10.0 Å². The number of sulfonamides is 1. The average Bonchev–Trinajstić information content (AvgIpc) is 3.19. The van der Waals surface area contributed by atoms with E-state index in [-0.39, 0.29) is 6.04 Å². The summed E-state index contributed by atoms with van der Waals surface area (Å²) in [6.07, 6.45) is 5.45. The molecule has 1 atom stereocenters. The molecule has 28 heavy (non-hydrogen) atoms. The molecule has 4 rings (SSSR count). The lowest BCUT2D eigenvalue weighted by molar-refractivity contribution is 0.395. The normalized spacial score (nSPS) is 21.2. The van der Waals surface area contributed by atoms with Crippen molar-refractivity contribution in [3.8, 4) is 0 Å². The number of anilines is 1. The summed E-state index contributed by atoms with van der Waals surface area (Å²) in [4.78, 5) is 7.57. The van der Waals surface area contributed by atoms with Gasteiger partial charge in [0.05, 0.1) is 10.9 Å². The van der Waals surface area contributed by atoms with Crippen LogP contribution in [0.5, 0.6) is 0 Å². The number of aromatic nitrogens is 1. The van der Waals surface area contributed by atoms with Crippen molar-refractivity contribution in [2.24, 2.45) is 0 Å². The largest absolute Gasteiger partial charge is 0.357 e. The van der Waals surface area contributed by atoms with Gasteiger partial charge >= 0.3 is 0 Å². The third kappa shape index (κ3) is 3.67. The second-order valence-electron chi connectivity index (χ2n) is 7.98. The summed E-state index contributed by atoms with van der Waals surface area (Å²) < 4.78 is 28.2. The number of hydrogen-bond donors (Lipinski definition) is 0. The van der Waals surface area contributed by atoms with E-state index in [2.05, 4.69) is 17.0 Å². The van der Waals surface area contributed by atoms with Gasteiger partial charge in [0.2, 0.25) is 10.0 Å². The molecular weight excluding hydrogens is 370 g/mol. The molecule has 0 bridgehead atoms. The molecule has 5 nitrogen and oxygen atoms in total. The summed E-state index contributed by atoms with van der Waals surface area (Å²) in [6.45, 7) is 6.66. The summed E-state index contributed by atoms with van der Waals surface area (Å²) in [5.41, 5.74) is 3.04. The Kier molecular flexibility index (Phi) is 5.43. The number of benzene rings is 1. The Morgan fingerprint density at radius 1 is 0.893 bits per heavy atom. The number of hydrogen-bond acceptors (Lipinski definition) is 4. The zero-order chi connectivity index (χ0) is 19.7. The standard InChI is InChI=1S/C22H29N3O2S/c1-17-8-10-19(11-9-17)28(26,27)25-16-6-7-21(25)20-12-13-22(23-18(20)2)24-14-4-3-5-15-24/h8-13,21H,3-7,14-16H2,1-2H3. The van der Waals surface area contributed by atoms with Gasteiger partial charge in [-0.1, -0.05) is 23.8 Å². The quantitative estimate of drug-likeness (QED) is 0.773. The Morgan fingerprint density at radius 2 is 1.61 bits per heavy atom. The molecule has 2 saturated heterocycles. The number of piperidine rings is 1. The maximum Gasteiger partial charge on any atom is 0.243 e. The van der Waals surface area contributed by atoms with Gasteiger partial charge in [0.25, 0.3) is 0 Å². The summed E-state index contributed by atoms with van der Waals surface area (Å²) in [7, 11) is -3.50. The zero-order valence-electron chi connectivity index (χ0n) is 16.8. The molecule has 0 aliphatic carbocycles. The Balaban J connectivity index is 1.62. The van der Waals surface area contributed by atoms with Gasteiger partial charge in [-0.2, -0.15) is 4.31 Å². The average molecular weight is 400 g/mol. The smallest absolute Gasteiger partial charge is 0.243 e. The van der Waals surface area contributed by atoms with Crippen LogP contribution in [0, 0.1) is 13.8 Å². The Labute approximate surface area is 168 Å². The first-order chi connectivity index (χ1) is 13.5. The Hall–Kier alpha value is -1.92. The molecule has 6 heteroatoms. The molecule has 1 unspecified atom stereocenters. The summed E-state index contributed by atoms with van der Waals surface area (Å²) in [6, 6.07) is 11.2. The summed E-state index contributed by atoms with van der Waals surface area (Å²) in [5, 5.41) is 0. The highest BCUT2D eigenvalue weighted by atomic mass is 32.2. The van der Waals surface area contributed by atoms with E-state index in [9.17, 15) is 8.42 Å². The third-order valence-electron chi connectivity index (χ3n) is 5.98. The summed E-state index contributed by atoms with van der Waals surface area (Å²) in [5.74, 6) is 1.02. The second-order valence-corrected chi connectivity index (χ2v) is 9.87. The molecule has 1 aromatic carbocycles. The second kappa shape index (κ2) is 7.84. The van der Waals surface area contributed by atoms with Gasteiger partial charge in [0.15, 0.2) is 0 Å². The fourth-order valence-corrected chi connectivity index (χ4v) is 6.07. The molecule has 0 N–H and O–H groups in total. The van der Waals surface area contributed by atoms with E-state index in [4.69, 9.17) is 4.98 Å². The number of nitrogens with zero attached hydrogens (tertiary/aromatic N) is 3. The maximum absolute atomic E-state index is 13.3. The van der Waals surface area contributed by atoms with E-state index in [0.717, 1.165) is 48.6 Å². The molecule has 2 fully saturated rings. The van der Waals surface area contributed by atoms with E-state index in [1.165, 1.54) is 19.3 Å². The van der Waals surface area contributed by atoms with Crippen LogP contribution in [0.1, 0.15) is 55.0 Å². The Bertz CT molecular complexity index is 935. The van der Waals surface area contributed by atoms with Crippen LogP contribution in [-0.2, 0) is 10.0 Å². The lowest BCUT2D eigenvalue weighted by atomic mass is 10.0. The van der Waals surface area contributed by atoms with Gasteiger partial charge in [-0.15, -0.1) is 0 Å². The van der Waals surface area contributed by atoms with Crippen LogP contribution < -0.4 is 4.90 Å². The first-order valence-corrected chi connectivity index (χ1v) is 11.7. The van der Waals surface area contributed by atoms with Crippen LogP contribution in [-0.4, -0.2) is 37.3 Å². The first kappa shape index (κ1) is 19.4. The van der Waals surface area contributed by atoms with Crippen molar-refractivity contribution in [2.75, 3.05) is 24.5 Å². The molecule has 0 amide bonds. The van der Waals surface area contributed by atoms with Crippen molar-refractivity contribution in [2.45, 2.75) is 56.9 Å². The van der Waals surface area contributed by atoms with Crippen molar-refractivity contribution >= 4 is 15.8 Å². The lowest BCUT2D eigenvalue weighted by Gasteiger charge is -2.29. The van der Waals surface area contributed by atoms with E-state index in [0.29, 0.717) is 11.4 Å². The highest BCUT2D eigenvalue weighted by Gasteiger charge is 2.37. The minimum atomic E-state index is -3.50. The number of aryl methyl sites for hydroxylation is 2.